The summed E-state index contributed by atoms with van der Waals surface area (Å²) in [5, 5.41) is 10.8. The van der Waals surface area contributed by atoms with Gasteiger partial charge in [0.1, 0.15) is 13.1 Å². The molecule has 0 saturated carbocycles. The highest BCUT2D eigenvalue weighted by Gasteiger charge is 2.30. The number of hydrogen-bond donors (Lipinski definition) is 0. The van der Waals surface area contributed by atoms with Gasteiger partial charge in [0.25, 0.3) is 5.69 Å². The average molecular weight is 344 g/mol. The van der Waals surface area contributed by atoms with Gasteiger partial charge in [-0.3, -0.25) is 10.1 Å². The van der Waals surface area contributed by atoms with Crippen molar-refractivity contribution in [2.24, 2.45) is 0 Å². The summed E-state index contributed by atoms with van der Waals surface area (Å²) in [4.78, 5) is 10.5. The highest BCUT2D eigenvalue weighted by atomic mass is 127. The van der Waals surface area contributed by atoms with Crippen molar-refractivity contribution in [2.75, 3.05) is 13.1 Å². The first-order valence-electron chi connectivity index (χ1n) is 5.64. The van der Waals surface area contributed by atoms with E-state index in [4.69, 9.17) is 0 Å². The molecule has 90 valence electrons. The zero-order chi connectivity index (χ0) is 11.1. The second-order valence-corrected chi connectivity index (χ2v) is 4.39. The minimum Gasteiger partial charge on any atom is -1.00 e. The molecule has 0 N–H and O–H groups in total. The summed E-state index contributed by atoms with van der Waals surface area (Å²) in [6, 6.07) is 5.27. The van der Waals surface area contributed by atoms with Crippen molar-refractivity contribution in [3.05, 3.63) is 39.4 Å². The maximum absolute atomic E-state index is 10.8. The predicted octanol–water partition coefficient (Wildman–Crippen LogP) is -1.25. The normalized spacial score (nSPS) is 17.2. The first-order valence-corrected chi connectivity index (χ1v) is 5.64. The topological polar surface area (TPSA) is 46.1 Å². The molecule has 0 amide bonds. The molecule has 5 heteroatoms. The zero-order valence-corrected chi connectivity index (χ0v) is 11.5. The molecule has 4 nitrogen and oxygen atoms in total. The number of hydrogen-bond acceptors (Lipinski definition) is 2. The fourth-order valence-electron chi connectivity index (χ4n) is 2.70. The van der Waals surface area contributed by atoms with Crippen LogP contribution >= 0.6 is 0 Å². The third-order valence-corrected chi connectivity index (χ3v) is 3.49. The Labute approximate surface area is 117 Å². The summed E-state index contributed by atoms with van der Waals surface area (Å²) < 4.78 is 2.37. The molecule has 2 aliphatic rings. The van der Waals surface area contributed by atoms with Crippen molar-refractivity contribution in [1.29, 1.82) is 0 Å². The van der Waals surface area contributed by atoms with Crippen molar-refractivity contribution in [3.63, 3.8) is 0 Å². The lowest BCUT2D eigenvalue weighted by molar-refractivity contribution is -0.520. The Bertz CT molecular complexity index is 511. The lowest BCUT2D eigenvalue weighted by atomic mass is 9.96. The van der Waals surface area contributed by atoms with Gasteiger partial charge in [-0.05, 0) is 5.56 Å². The van der Waals surface area contributed by atoms with Crippen LogP contribution < -0.4 is 24.0 Å². The molecule has 2 aliphatic heterocycles. The number of fused-ring (bicyclic) bond motifs is 2. The first-order chi connectivity index (χ1) is 7.75. The highest BCUT2D eigenvalue weighted by molar-refractivity contribution is 5.99. The zero-order valence-electron chi connectivity index (χ0n) is 9.36. The van der Waals surface area contributed by atoms with Crippen LogP contribution in [0.15, 0.2) is 18.2 Å². The largest absolute Gasteiger partial charge is 1.00 e. The number of rotatable bonds is 1. The average Bonchev–Trinajstić information content (AvgIpc) is 2.76. The first kappa shape index (κ1) is 12.5. The van der Waals surface area contributed by atoms with Gasteiger partial charge in [0, 0.05) is 31.4 Å². The van der Waals surface area contributed by atoms with Crippen LogP contribution in [0, 0.1) is 10.1 Å². The molecule has 1 aromatic carbocycles. The fourth-order valence-corrected chi connectivity index (χ4v) is 2.70. The molecule has 0 aromatic heterocycles. The molecule has 0 spiro atoms. The van der Waals surface area contributed by atoms with E-state index in [1.807, 2.05) is 6.07 Å². The van der Waals surface area contributed by atoms with Gasteiger partial charge >= 0.3 is 0 Å². The van der Waals surface area contributed by atoms with E-state index in [1.165, 1.54) is 17.7 Å². The quantitative estimate of drug-likeness (QED) is 0.277. The van der Waals surface area contributed by atoms with Crippen molar-refractivity contribution < 1.29 is 33.5 Å². The monoisotopic (exact) mass is 344 g/mol. The second-order valence-electron chi connectivity index (χ2n) is 4.39. The number of non-ortho nitro benzene ring substituents is 1. The van der Waals surface area contributed by atoms with E-state index in [2.05, 4.69) is 4.58 Å². The molecule has 3 rings (SSSR count). The fraction of sp³-hybridized carbons (Fsp3) is 0.417. The van der Waals surface area contributed by atoms with Crippen LogP contribution in [0.1, 0.15) is 24.0 Å². The Balaban J connectivity index is 0.00000108. The minimum absolute atomic E-state index is 0. The van der Waals surface area contributed by atoms with Crippen molar-refractivity contribution >= 4 is 11.4 Å². The molecular weight excluding hydrogens is 331 g/mol. The number of nitro groups is 1. The van der Waals surface area contributed by atoms with Crippen molar-refractivity contribution in [2.45, 2.75) is 19.3 Å². The Morgan fingerprint density at radius 1 is 1.24 bits per heavy atom. The maximum Gasteiger partial charge on any atom is 0.270 e. The van der Waals surface area contributed by atoms with E-state index in [0.29, 0.717) is 0 Å². The van der Waals surface area contributed by atoms with Crippen molar-refractivity contribution in [3.8, 4) is 0 Å². The smallest absolute Gasteiger partial charge is 0.270 e. The van der Waals surface area contributed by atoms with Gasteiger partial charge in [0.15, 0.2) is 5.71 Å². The summed E-state index contributed by atoms with van der Waals surface area (Å²) in [6.45, 7) is 2.18. The Hall–Kier alpha value is -0.980. The molecule has 0 bridgehead atoms. The van der Waals surface area contributed by atoms with Crippen LogP contribution in [-0.4, -0.2) is 28.3 Å². The highest BCUT2D eigenvalue weighted by Crippen LogP contribution is 2.25. The third kappa shape index (κ3) is 2.08. The minimum atomic E-state index is -0.311. The third-order valence-electron chi connectivity index (χ3n) is 3.49. The summed E-state index contributed by atoms with van der Waals surface area (Å²) in [6.07, 6.45) is 3.25. The molecule has 0 atom stereocenters. The number of benzene rings is 1. The maximum atomic E-state index is 10.8. The van der Waals surface area contributed by atoms with Gasteiger partial charge in [-0.1, -0.05) is 6.07 Å². The van der Waals surface area contributed by atoms with Gasteiger partial charge < -0.3 is 24.0 Å². The summed E-state index contributed by atoms with van der Waals surface area (Å²) in [5.74, 6) is 0. The summed E-state index contributed by atoms with van der Waals surface area (Å²) in [7, 11) is 0. The van der Waals surface area contributed by atoms with Crippen LogP contribution in [-0.2, 0) is 6.42 Å². The Morgan fingerprint density at radius 2 is 2.06 bits per heavy atom. The molecule has 17 heavy (non-hydrogen) atoms. The standard InChI is InChI=1S/C12H13N2O2.HI/c15-14(16)10-4-3-9-5-7-13-6-1-2-12(13)11(9)8-10;/h3-4,8H,1-2,5-7H2;1H/q+1;/p-1. The van der Waals surface area contributed by atoms with E-state index in [-0.39, 0.29) is 34.6 Å². The molecule has 0 fully saturated rings. The lowest BCUT2D eigenvalue weighted by Gasteiger charge is -2.13. The van der Waals surface area contributed by atoms with Crippen LogP contribution in [0.3, 0.4) is 0 Å². The molecule has 0 radical (unpaired) electrons. The van der Waals surface area contributed by atoms with Crippen LogP contribution in [0.4, 0.5) is 5.69 Å². The van der Waals surface area contributed by atoms with Gasteiger partial charge in [-0.25, -0.2) is 4.58 Å². The molecule has 0 unspecified atom stereocenters. The summed E-state index contributed by atoms with van der Waals surface area (Å²) in [5.41, 5.74) is 3.89. The lowest BCUT2D eigenvalue weighted by Crippen LogP contribution is -3.00. The van der Waals surface area contributed by atoms with Gasteiger partial charge in [0.2, 0.25) is 0 Å². The summed E-state index contributed by atoms with van der Waals surface area (Å²) >= 11 is 0. The van der Waals surface area contributed by atoms with Gasteiger partial charge in [-0.2, -0.15) is 0 Å². The van der Waals surface area contributed by atoms with E-state index in [9.17, 15) is 10.1 Å². The number of halogens is 1. The SMILES string of the molecule is O=[N+]([O-])c1ccc2c(c1)C1=[N+](CCC1)CC2.[I-]. The van der Waals surface area contributed by atoms with E-state index < -0.39 is 0 Å². The predicted molar refractivity (Wildman–Crippen MR) is 60.1 cm³/mol. The van der Waals surface area contributed by atoms with Crippen molar-refractivity contribution in [1.82, 2.24) is 0 Å². The van der Waals surface area contributed by atoms with E-state index in [1.54, 1.807) is 12.1 Å². The van der Waals surface area contributed by atoms with Crippen LogP contribution in [0.25, 0.3) is 0 Å². The number of nitro benzene ring substituents is 1. The van der Waals surface area contributed by atoms with E-state index in [0.717, 1.165) is 31.5 Å². The second kappa shape index (κ2) is 4.72. The van der Waals surface area contributed by atoms with Gasteiger partial charge in [-0.15, -0.1) is 0 Å². The van der Waals surface area contributed by atoms with Gasteiger partial charge in [0.05, 0.1) is 10.5 Å². The Kier molecular flexibility index (Phi) is 3.46. The number of nitrogens with zero attached hydrogens (tertiary/aromatic N) is 2. The van der Waals surface area contributed by atoms with Crippen LogP contribution in [0.5, 0.6) is 0 Å². The molecule has 0 aliphatic carbocycles. The molecule has 0 saturated heterocycles. The molecule has 1 aromatic rings. The molecule has 2 heterocycles. The molecular formula is C12H13IN2O2. The van der Waals surface area contributed by atoms with E-state index >= 15 is 0 Å². The Morgan fingerprint density at radius 3 is 2.82 bits per heavy atom. The van der Waals surface area contributed by atoms with Crippen LogP contribution in [0.2, 0.25) is 0 Å².